The zero-order valence-corrected chi connectivity index (χ0v) is 16.4. The second kappa shape index (κ2) is 10.1. The molecule has 1 aliphatic heterocycles. The number of carbonyl (C=O) groups is 3. The van der Waals surface area contributed by atoms with E-state index in [0.29, 0.717) is 37.4 Å². The van der Waals surface area contributed by atoms with Gasteiger partial charge in [-0.25, -0.2) is 8.78 Å². The molecule has 1 saturated heterocycles. The van der Waals surface area contributed by atoms with Crippen LogP contribution in [0.2, 0.25) is 0 Å². The molecule has 2 amide bonds. The van der Waals surface area contributed by atoms with E-state index in [4.69, 9.17) is 0 Å². The van der Waals surface area contributed by atoms with Gasteiger partial charge in [0.25, 0.3) is 0 Å². The van der Waals surface area contributed by atoms with Crippen molar-refractivity contribution in [1.82, 2.24) is 9.80 Å². The highest BCUT2D eigenvalue weighted by atomic mass is 19.1. The molecule has 0 aliphatic carbocycles. The Labute approximate surface area is 173 Å². The maximum Gasteiger partial charge on any atom is 0.238 e. The van der Waals surface area contributed by atoms with Crippen LogP contribution >= 0.6 is 0 Å². The number of nitrogens with one attached hydrogen (secondary N) is 1. The number of amides is 2. The molecule has 0 unspecified atom stereocenters. The van der Waals surface area contributed by atoms with Gasteiger partial charge in [-0.05, 0) is 42.5 Å². The number of Topliss-reactive ketones (excluding diaryl/α,β-unsaturated/α-hetero) is 1. The van der Waals surface area contributed by atoms with Crippen molar-refractivity contribution in [2.24, 2.45) is 0 Å². The molecule has 6 nitrogen and oxygen atoms in total. The number of benzene rings is 2. The van der Waals surface area contributed by atoms with Crippen LogP contribution in [-0.2, 0) is 9.59 Å². The molecule has 1 N–H and O–H groups in total. The highest BCUT2D eigenvalue weighted by Gasteiger charge is 2.23. The highest BCUT2D eigenvalue weighted by Crippen LogP contribution is 2.12. The molecular weight excluding hydrogens is 392 g/mol. The summed E-state index contributed by atoms with van der Waals surface area (Å²) in [6.45, 7) is 2.16. The molecular formula is C22H23F2N3O3. The van der Waals surface area contributed by atoms with E-state index in [1.165, 1.54) is 42.5 Å². The molecule has 0 saturated carbocycles. The molecule has 0 atom stereocenters. The standard InChI is InChI=1S/C22H23F2N3O3/c23-17-6-4-16(5-7-17)20(28)8-9-22(30)27-12-10-26(11-13-27)15-21(29)25-19-3-1-2-18(24)14-19/h1-7,14H,8-13,15H2,(H,25,29). The normalized spacial score (nSPS) is 14.4. The molecule has 2 aromatic carbocycles. The minimum absolute atomic E-state index is 0.0702. The van der Waals surface area contributed by atoms with Crippen LogP contribution in [0, 0.1) is 11.6 Å². The molecule has 30 heavy (non-hydrogen) atoms. The summed E-state index contributed by atoms with van der Waals surface area (Å²) >= 11 is 0. The number of piperazine rings is 1. The van der Waals surface area contributed by atoms with E-state index in [1.54, 1.807) is 11.0 Å². The molecule has 8 heteroatoms. The lowest BCUT2D eigenvalue weighted by Gasteiger charge is -2.34. The third-order valence-electron chi connectivity index (χ3n) is 4.93. The van der Waals surface area contributed by atoms with E-state index in [9.17, 15) is 23.2 Å². The first kappa shape index (κ1) is 21.6. The van der Waals surface area contributed by atoms with Crippen LogP contribution in [0.5, 0.6) is 0 Å². The van der Waals surface area contributed by atoms with Crippen molar-refractivity contribution in [3.8, 4) is 0 Å². The summed E-state index contributed by atoms with van der Waals surface area (Å²) in [6.07, 6.45) is 0.164. The Morgan fingerprint density at radius 2 is 1.57 bits per heavy atom. The number of ketones is 1. The summed E-state index contributed by atoms with van der Waals surface area (Å²) < 4.78 is 26.1. The zero-order valence-electron chi connectivity index (χ0n) is 16.4. The predicted octanol–water partition coefficient (Wildman–Crippen LogP) is 2.71. The Morgan fingerprint density at radius 1 is 0.867 bits per heavy atom. The quantitative estimate of drug-likeness (QED) is 0.706. The molecule has 1 heterocycles. The first-order valence-corrected chi connectivity index (χ1v) is 9.75. The van der Waals surface area contributed by atoms with Crippen molar-refractivity contribution in [1.29, 1.82) is 0 Å². The average molecular weight is 415 g/mol. The third kappa shape index (κ3) is 6.18. The molecule has 1 fully saturated rings. The van der Waals surface area contributed by atoms with Crippen molar-refractivity contribution in [3.63, 3.8) is 0 Å². The Bertz CT molecular complexity index is 910. The minimum Gasteiger partial charge on any atom is -0.340 e. The summed E-state index contributed by atoms with van der Waals surface area (Å²) in [6, 6.07) is 11.0. The van der Waals surface area contributed by atoms with Crippen LogP contribution in [0.1, 0.15) is 23.2 Å². The van der Waals surface area contributed by atoms with Crippen molar-refractivity contribution in [2.45, 2.75) is 12.8 Å². The number of nitrogens with zero attached hydrogens (tertiary/aromatic N) is 2. The van der Waals surface area contributed by atoms with Crippen molar-refractivity contribution in [3.05, 3.63) is 65.7 Å². The SMILES string of the molecule is O=C(CN1CCN(C(=O)CCC(=O)c2ccc(F)cc2)CC1)Nc1cccc(F)c1. The fourth-order valence-corrected chi connectivity index (χ4v) is 3.28. The van der Waals surface area contributed by atoms with Gasteiger partial charge < -0.3 is 10.2 Å². The summed E-state index contributed by atoms with van der Waals surface area (Å²) in [5.74, 6) is -1.39. The predicted molar refractivity (Wildman–Crippen MR) is 108 cm³/mol. The van der Waals surface area contributed by atoms with Crippen LogP contribution in [0.25, 0.3) is 0 Å². The van der Waals surface area contributed by atoms with Crippen LogP contribution in [-0.4, -0.2) is 60.1 Å². The average Bonchev–Trinajstić information content (AvgIpc) is 2.72. The highest BCUT2D eigenvalue weighted by molar-refractivity contribution is 5.98. The Kier molecular flexibility index (Phi) is 7.24. The Hall–Kier alpha value is -3.13. The van der Waals surface area contributed by atoms with Gasteiger partial charge in [0.05, 0.1) is 6.54 Å². The topological polar surface area (TPSA) is 69.7 Å². The van der Waals surface area contributed by atoms with Gasteiger partial charge in [0, 0.05) is 50.3 Å². The molecule has 3 rings (SSSR count). The first-order chi connectivity index (χ1) is 14.4. The molecule has 0 radical (unpaired) electrons. The molecule has 158 valence electrons. The van der Waals surface area contributed by atoms with Crippen LogP contribution in [0.15, 0.2) is 48.5 Å². The lowest BCUT2D eigenvalue weighted by atomic mass is 10.1. The third-order valence-corrected chi connectivity index (χ3v) is 4.93. The number of carbonyl (C=O) groups excluding carboxylic acids is 3. The van der Waals surface area contributed by atoms with Crippen molar-refractivity contribution >= 4 is 23.3 Å². The van der Waals surface area contributed by atoms with E-state index in [2.05, 4.69) is 5.32 Å². The molecule has 2 aromatic rings. The maximum absolute atomic E-state index is 13.2. The van der Waals surface area contributed by atoms with Gasteiger partial charge in [-0.1, -0.05) is 6.07 Å². The fourth-order valence-electron chi connectivity index (χ4n) is 3.28. The lowest BCUT2D eigenvalue weighted by molar-refractivity contribution is -0.133. The summed E-state index contributed by atoms with van der Waals surface area (Å²) in [4.78, 5) is 40.2. The number of hydrogen-bond donors (Lipinski definition) is 1. The zero-order chi connectivity index (χ0) is 21.5. The van der Waals surface area contributed by atoms with Crippen LogP contribution in [0.3, 0.4) is 0 Å². The second-order valence-electron chi connectivity index (χ2n) is 7.15. The van der Waals surface area contributed by atoms with E-state index in [0.717, 1.165) is 0 Å². The minimum atomic E-state index is -0.419. The number of hydrogen-bond acceptors (Lipinski definition) is 4. The van der Waals surface area contributed by atoms with Gasteiger partial charge in [-0.3, -0.25) is 19.3 Å². The van der Waals surface area contributed by atoms with E-state index in [1.807, 2.05) is 4.90 Å². The van der Waals surface area contributed by atoms with Crippen LogP contribution < -0.4 is 5.32 Å². The lowest BCUT2D eigenvalue weighted by Crippen LogP contribution is -2.50. The molecule has 1 aliphatic rings. The van der Waals surface area contributed by atoms with Crippen LogP contribution in [0.4, 0.5) is 14.5 Å². The smallest absolute Gasteiger partial charge is 0.238 e. The Morgan fingerprint density at radius 3 is 2.23 bits per heavy atom. The Balaban J connectivity index is 1.39. The molecule has 0 aromatic heterocycles. The maximum atomic E-state index is 13.2. The van der Waals surface area contributed by atoms with Gasteiger partial charge in [0.2, 0.25) is 11.8 Å². The summed E-state index contributed by atoms with van der Waals surface area (Å²) in [5.41, 5.74) is 0.790. The number of anilines is 1. The van der Waals surface area contributed by atoms with Gasteiger partial charge in [-0.15, -0.1) is 0 Å². The van der Waals surface area contributed by atoms with Gasteiger partial charge >= 0.3 is 0 Å². The molecule has 0 spiro atoms. The van der Waals surface area contributed by atoms with Gasteiger partial charge in [-0.2, -0.15) is 0 Å². The van der Waals surface area contributed by atoms with E-state index >= 15 is 0 Å². The largest absolute Gasteiger partial charge is 0.340 e. The van der Waals surface area contributed by atoms with Crippen molar-refractivity contribution in [2.75, 3.05) is 38.0 Å². The first-order valence-electron chi connectivity index (χ1n) is 9.75. The second-order valence-corrected chi connectivity index (χ2v) is 7.15. The molecule has 0 bridgehead atoms. The number of rotatable bonds is 7. The monoisotopic (exact) mass is 415 g/mol. The van der Waals surface area contributed by atoms with E-state index in [-0.39, 0.29) is 37.0 Å². The summed E-state index contributed by atoms with van der Waals surface area (Å²) in [5, 5.41) is 2.65. The fraction of sp³-hybridized carbons (Fsp3) is 0.318. The van der Waals surface area contributed by atoms with Gasteiger partial charge in [0.1, 0.15) is 11.6 Å². The van der Waals surface area contributed by atoms with E-state index < -0.39 is 11.6 Å². The summed E-state index contributed by atoms with van der Waals surface area (Å²) in [7, 11) is 0. The van der Waals surface area contributed by atoms with Crippen molar-refractivity contribution < 1.29 is 23.2 Å². The van der Waals surface area contributed by atoms with Gasteiger partial charge in [0.15, 0.2) is 5.78 Å². The number of halogens is 2.